The first-order valence-corrected chi connectivity index (χ1v) is 4.33. The van der Waals surface area contributed by atoms with E-state index in [0.29, 0.717) is 12.1 Å². The lowest BCUT2D eigenvalue weighted by Crippen LogP contribution is -2.17. The first kappa shape index (κ1) is 13.6. The second-order valence-electron chi connectivity index (χ2n) is 3.20. The third kappa shape index (κ3) is 2.44. The maximum atomic E-state index is 12.6. The molecule has 1 aromatic carbocycles. The lowest BCUT2D eigenvalue weighted by Gasteiger charge is -2.10. The maximum absolute atomic E-state index is 12.6. The number of carbonyl (C=O) groups is 2. The third-order valence-corrected chi connectivity index (χ3v) is 2.04. The fourth-order valence-electron chi connectivity index (χ4n) is 1.34. The van der Waals surface area contributed by atoms with Crippen LogP contribution in [0.4, 0.5) is 18.9 Å². The van der Waals surface area contributed by atoms with Gasteiger partial charge < -0.3 is 5.73 Å². The Morgan fingerprint density at radius 3 is 2.28 bits per heavy atom. The lowest BCUT2D eigenvalue weighted by molar-refractivity contribution is -0.388. The zero-order valence-corrected chi connectivity index (χ0v) is 8.52. The predicted molar refractivity (Wildman–Crippen MR) is 52.0 cm³/mol. The molecule has 9 heteroatoms. The molecule has 0 aliphatic rings. The van der Waals surface area contributed by atoms with Gasteiger partial charge in [0.15, 0.2) is 6.29 Å². The van der Waals surface area contributed by atoms with Gasteiger partial charge in [-0.3, -0.25) is 19.7 Å². The van der Waals surface area contributed by atoms with E-state index in [4.69, 9.17) is 5.73 Å². The fraction of sp³-hybridized carbons (Fsp3) is 0.111. The van der Waals surface area contributed by atoms with Crippen molar-refractivity contribution in [2.45, 2.75) is 6.18 Å². The molecule has 2 N–H and O–H groups in total. The van der Waals surface area contributed by atoms with Crippen LogP contribution in [0, 0.1) is 10.1 Å². The van der Waals surface area contributed by atoms with Gasteiger partial charge in [0.25, 0.3) is 5.69 Å². The molecule has 0 bridgehead atoms. The van der Waals surface area contributed by atoms with Crippen LogP contribution in [-0.2, 0) is 6.18 Å². The Morgan fingerprint density at radius 2 is 1.94 bits per heavy atom. The Kier molecular flexibility index (Phi) is 3.35. The van der Waals surface area contributed by atoms with E-state index >= 15 is 0 Å². The van der Waals surface area contributed by atoms with Crippen molar-refractivity contribution in [3.05, 3.63) is 38.9 Å². The zero-order chi connectivity index (χ0) is 14.1. The number of benzene rings is 1. The van der Waals surface area contributed by atoms with Gasteiger partial charge in [0.2, 0.25) is 5.91 Å². The molecule has 6 nitrogen and oxygen atoms in total. The van der Waals surface area contributed by atoms with Crippen molar-refractivity contribution >= 4 is 17.9 Å². The summed E-state index contributed by atoms with van der Waals surface area (Å²) in [4.78, 5) is 30.6. The van der Waals surface area contributed by atoms with Gasteiger partial charge in [0, 0.05) is 17.2 Å². The van der Waals surface area contributed by atoms with Gasteiger partial charge in [-0.25, -0.2) is 0 Å². The van der Waals surface area contributed by atoms with Crippen molar-refractivity contribution in [1.29, 1.82) is 0 Å². The van der Waals surface area contributed by atoms with Crippen LogP contribution in [-0.4, -0.2) is 17.1 Å². The highest BCUT2D eigenvalue weighted by atomic mass is 19.4. The zero-order valence-electron chi connectivity index (χ0n) is 8.52. The van der Waals surface area contributed by atoms with Gasteiger partial charge in [0.05, 0.1) is 4.92 Å². The van der Waals surface area contributed by atoms with Gasteiger partial charge in [-0.1, -0.05) is 0 Å². The number of hydrogen-bond donors (Lipinski definition) is 1. The summed E-state index contributed by atoms with van der Waals surface area (Å²) >= 11 is 0. The van der Waals surface area contributed by atoms with E-state index in [2.05, 4.69) is 0 Å². The highest BCUT2D eigenvalue weighted by Crippen LogP contribution is 2.38. The number of nitrogens with zero attached hydrogens (tertiary/aromatic N) is 1. The van der Waals surface area contributed by atoms with Crippen LogP contribution in [0.25, 0.3) is 0 Å². The van der Waals surface area contributed by atoms with Gasteiger partial charge in [-0.2, -0.15) is 13.2 Å². The van der Waals surface area contributed by atoms with E-state index in [9.17, 15) is 32.9 Å². The minimum atomic E-state index is -5.09. The molecule has 0 saturated heterocycles. The van der Waals surface area contributed by atoms with Crippen LogP contribution in [0.2, 0.25) is 0 Å². The molecule has 0 aromatic heterocycles. The molecular weight excluding hydrogens is 257 g/mol. The van der Waals surface area contributed by atoms with Crippen LogP contribution in [0.1, 0.15) is 26.3 Å². The minimum absolute atomic E-state index is 0.220. The molecule has 1 rings (SSSR count). The SMILES string of the molecule is NC(=O)c1cc(C=O)c(C(F)(F)F)c([N+](=O)[O-])c1. The number of alkyl halides is 3. The first-order valence-electron chi connectivity index (χ1n) is 4.33. The Morgan fingerprint density at radius 1 is 1.39 bits per heavy atom. The van der Waals surface area contributed by atoms with E-state index in [1.54, 1.807) is 0 Å². The molecule has 0 heterocycles. The second-order valence-corrected chi connectivity index (χ2v) is 3.20. The summed E-state index contributed by atoms with van der Waals surface area (Å²) in [5.74, 6) is -1.17. The van der Waals surface area contributed by atoms with Crippen LogP contribution in [0.5, 0.6) is 0 Å². The number of nitro benzene ring substituents is 1. The largest absolute Gasteiger partial charge is 0.423 e. The molecule has 0 fully saturated rings. The first-order chi connectivity index (χ1) is 8.18. The van der Waals surface area contributed by atoms with Crippen molar-refractivity contribution in [1.82, 2.24) is 0 Å². The average Bonchev–Trinajstić information content (AvgIpc) is 2.25. The molecule has 0 aliphatic carbocycles. The van der Waals surface area contributed by atoms with E-state index in [0.717, 1.165) is 0 Å². The monoisotopic (exact) mass is 262 g/mol. The highest BCUT2D eigenvalue weighted by Gasteiger charge is 2.41. The van der Waals surface area contributed by atoms with Crippen LogP contribution >= 0.6 is 0 Å². The van der Waals surface area contributed by atoms with Crippen molar-refractivity contribution < 1.29 is 27.7 Å². The normalized spacial score (nSPS) is 11.1. The molecule has 0 radical (unpaired) electrons. The highest BCUT2D eigenvalue weighted by molar-refractivity contribution is 5.96. The molecule has 0 saturated carbocycles. The van der Waals surface area contributed by atoms with Crippen LogP contribution in [0.3, 0.4) is 0 Å². The number of nitrogens with two attached hydrogens (primary N) is 1. The second kappa shape index (κ2) is 4.43. The van der Waals surface area contributed by atoms with E-state index in [1.807, 2.05) is 0 Å². The Hall–Kier alpha value is -2.45. The standard InChI is InChI=1S/C9H5F3N2O4/c10-9(11,12)7-5(3-15)1-4(8(13)16)2-6(7)14(17)18/h1-3H,(H2,13,16). The van der Waals surface area contributed by atoms with Gasteiger partial charge in [0.1, 0.15) is 5.56 Å². The molecule has 1 amide bonds. The third-order valence-electron chi connectivity index (χ3n) is 2.04. The molecule has 0 unspecified atom stereocenters. The summed E-state index contributed by atoms with van der Waals surface area (Å²) in [6.07, 6.45) is -5.31. The van der Waals surface area contributed by atoms with Crippen molar-refractivity contribution in [3.63, 3.8) is 0 Å². The molecule has 1 aromatic rings. The van der Waals surface area contributed by atoms with E-state index < -0.39 is 39.4 Å². The molecule has 96 valence electrons. The maximum Gasteiger partial charge on any atom is 0.423 e. The van der Waals surface area contributed by atoms with Crippen molar-refractivity contribution in [2.75, 3.05) is 0 Å². The van der Waals surface area contributed by atoms with Gasteiger partial charge in [-0.05, 0) is 6.07 Å². The number of carbonyl (C=O) groups excluding carboxylic acids is 2. The number of halogens is 3. The minimum Gasteiger partial charge on any atom is -0.366 e. The fourth-order valence-corrected chi connectivity index (χ4v) is 1.34. The topological polar surface area (TPSA) is 103 Å². The van der Waals surface area contributed by atoms with Crippen molar-refractivity contribution in [3.8, 4) is 0 Å². The summed E-state index contributed by atoms with van der Waals surface area (Å²) in [5.41, 5.74) is 0.164. The van der Waals surface area contributed by atoms with Crippen molar-refractivity contribution in [2.24, 2.45) is 5.73 Å². The number of primary amides is 1. The summed E-state index contributed by atoms with van der Waals surface area (Å²) in [6.45, 7) is 0. The number of rotatable bonds is 3. The van der Waals surface area contributed by atoms with E-state index in [1.165, 1.54) is 0 Å². The Balaban J connectivity index is 3.73. The summed E-state index contributed by atoms with van der Waals surface area (Å²) in [6, 6.07) is 0.948. The molecule has 18 heavy (non-hydrogen) atoms. The Labute approximate surface area is 97.3 Å². The van der Waals surface area contributed by atoms with Gasteiger partial charge in [-0.15, -0.1) is 0 Å². The molecule has 0 atom stereocenters. The molecule has 0 spiro atoms. The number of aldehydes is 1. The van der Waals surface area contributed by atoms with Crippen LogP contribution in [0.15, 0.2) is 12.1 Å². The summed E-state index contributed by atoms with van der Waals surface area (Å²) in [5, 5.41) is 10.5. The number of amides is 1. The number of nitro groups is 1. The number of hydrogen-bond acceptors (Lipinski definition) is 4. The van der Waals surface area contributed by atoms with Crippen LogP contribution < -0.4 is 5.73 Å². The van der Waals surface area contributed by atoms with E-state index in [-0.39, 0.29) is 6.29 Å². The lowest BCUT2D eigenvalue weighted by atomic mass is 10.0. The Bertz CT molecular complexity index is 539. The smallest absolute Gasteiger partial charge is 0.366 e. The molecular formula is C9H5F3N2O4. The average molecular weight is 262 g/mol. The quantitative estimate of drug-likeness (QED) is 0.506. The van der Waals surface area contributed by atoms with Gasteiger partial charge >= 0.3 is 6.18 Å². The summed E-state index contributed by atoms with van der Waals surface area (Å²) < 4.78 is 37.8. The molecule has 0 aliphatic heterocycles. The predicted octanol–water partition coefficient (Wildman–Crippen LogP) is 1.52. The summed E-state index contributed by atoms with van der Waals surface area (Å²) in [7, 11) is 0.